The molecule has 3 aromatic heterocycles. The van der Waals surface area contributed by atoms with Gasteiger partial charge < -0.3 is 25.4 Å². The highest BCUT2D eigenvalue weighted by Gasteiger charge is 2.50. The number of anilines is 2. The molecule has 37 heavy (non-hydrogen) atoms. The average molecular weight is 547 g/mol. The minimum atomic E-state index is -0.557. The Morgan fingerprint density at radius 2 is 2.05 bits per heavy atom. The lowest BCUT2D eigenvalue weighted by molar-refractivity contribution is 0.0434. The van der Waals surface area contributed by atoms with E-state index in [4.69, 9.17) is 31.8 Å². The summed E-state index contributed by atoms with van der Waals surface area (Å²) in [5.41, 5.74) is 5.83. The van der Waals surface area contributed by atoms with E-state index in [1.807, 2.05) is 32.1 Å². The number of hydrogen-bond donors (Lipinski definition) is 2. The highest BCUT2D eigenvalue weighted by Crippen LogP contribution is 2.43. The van der Waals surface area contributed by atoms with E-state index in [1.165, 1.54) is 11.8 Å². The van der Waals surface area contributed by atoms with Gasteiger partial charge in [-0.2, -0.15) is 0 Å². The quantitative estimate of drug-likeness (QED) is 0.497. The van der Waals surface area contributed by atoms with Crippen molar-refractivity contribution in [1.29, 1.82) is 0 Å². The molecule has 3 aromatic rings. The molecule has 11 nitrogen and oxygen atoms in total. The van der Waals surface area contributed by atoms with Crippen LogP contribution in [0.15, 0.2) is 34.6 Å². The number of hydrogen-bond acceptors (Lipinski definition) is 10. The molecular weight excluding hydrogens is 516 g/mol. The maximum Gasteiger partial charge on any atom is 0.407 e. The third-order valence-corrected chi connectivity index (χ3v) is 8.44. The lowest BCUT2D eigenvalue weighted by Crippen LogP contribution is -2.55. The van der Waals surface area contributed by atoms with Gasteiger partial charge in [0.25, 0.3) is 0 Å². The lowest BCUT2D eigenvalue weighted by atomic mass is 9.73. The maximum atomic E-state index is 12.5. The highest BCUT2D eigenvalue weighted by molar-refractivity contribution is 7.99. The summed E-state index contributed by atoms with van der Waals surface area (Å²) in [6, 6.07) is 1.68. The van der Waals surface area contributed by atoms with Gasteiger partial charge in [0, 0.05) is 35.8 Å². The first-order valence-corrected chi connectivity index (χ1v) is 13.4. The Morgan fingerprint density at radius 1 is 1.30 bits per heavy atom. The lowest BCUT2D eigenvalue weighted by Gasteiger charge is -2.42. The summed E-state index contributed by atoms with van der Waals surface area (Å²) in [6.07, 6.45) is 6.25. The number of carbonyl (C=O) groups excluding carboxylic acids is 1. The van der Waals surface area contributed by atoms with Gasteiger partial charge >= 0.3 is 6.09 Å². The van der Waals surface area contributed by atoms with Crippen molar-refractivity contribution in [3.63, 3.8) is 0 Å². The van der Waals surface area contributed by atoms with Crippen molar-refractivity contribution < 1.29 is 14.3 Å². The zero-order valence-corrected chi connectivity index (χ0v) is 22.8. The van der Waals surface area contributed by atoms with Crippen molar-refractivity contribution in [2.24, 2.45) is 5.41 Å². The number of fused-ring (bicyclic) bond motifs is 1. The maximum absolute atomic E-state index is 12.5. The minimum absolute atomic E-state index is 0.0906. The van der Waals surface area contributed by atoms with Crippen molar-refractivity contribution in [1.82, 2.24) is 29.9 Å². The highest BCUT2D eigenvalue weighted by atomic mass is 35.5. The number of piperidine rings is 1. The van der Waals surface area contributed by atoms with E-state index in [-0.39, 0.29) is 23.4 Å². The molecule has 5 rings (SSSR count). The van der Waals surface area contributed by atoms with Crippen LogP contribution < -0.4 is 16.0 Å². The van der Waals surface area contributed by atoms with E-state index in [2.05, 4.69) is 25.4 Å². The fourth-order valence-corrected chi connectivity index (χ4v) is 6.15. The van der Waals surface area contributed by atoms with Gasteiger partial charge in [-0.25, -0.2) is 19.2 Å². The van der Waals surface area contributed by atoms with Gasteiger partial charge in [-0.05, 0) is 46.6 Å². The van der Waals surface area contributed by atoms with E-state index < -0.39 is 11.7 Å². The van der Waals surface area contributed by atoms with Crippen LogP contribution in [0, 0.1) is 5.41 Å². The molecule has 2 aliphatic heterocycles. The van der Waals surface area contributed by atoms with Crippen molar-refractivity contribution in [2.45, 2.75) is 68.1 Å². The molecule has 5 heterocycles. The SMILES string of the molecule is C[C@@H]1OCC2(CCN(c3ncc(Sc4ccnc(N)c4Cl)c4nncn34)CC2)[C@@H]1NC(=O)OC(C)(C)C. The smallest absolute Gasteiger partial charge is 0.407 e. The van der Waals surface area contributed by atoms with Crippen LogP contribution in [0.5, 0.6) is 0 Å². The van der Waals surface area contributed by atoms with Crippen molar-refractivity contribution in [2.75, 3.05) is 30.3 Å². The Bertz CT molecular complexity index is 1300. The molecule has 1 spiro atoms. The van der Waals surface area contributed by atoms with E-state index in [0.717, 1.165) is 41.7 Å². The predicted octanol–water partition coefficient (Wildman–Crippen LogP) is 3.80. The molecule has 0 radical (unpaired) electrons. The molecule has 198 valence electrons. The fourth-order valence-electron chi connectivity index (χ4n) is 5.02. The Kier molecular flexibility index (Phi) is 6.84. The number of carbonyl (C=O) groups is 1. The molecule has 0 aromatic carbocycles. The molecular formula is C24H31ClN8O3S. The van der Waals surface area contributed by atoms with E-state index in [0.29, 0.717) is 17.3 Å². The third-order valence-electron chi connectivity index (χ3n) is 6.86. The molecule has 1 amide bonds. The summed E-state index contributed by atoms with van der Waals surface area (Å²) in [5, 5.41) is 12.0. The van der Waals surface area contributed by atoms with Crippen LogP contribution in [0.1, 0.15) is 40.5 Å². The summed E-state index contributed by atoms with van der Waals surface area (Å²) < 4.78 is 13.4. The van der Waals surface area contributed by atoms with E-state index in [9.17, 15) is 4.79 Å². The number of halogens is 1. The third kappa shape index (κ3) is 5.14. The van der Waals surface area contributed by atoms with Gasteiger partial charge in [0.15, 0.2) is 5.65 Å². The minimum Gasteiger partial charge on any atom is -0.444 e. The molecule has 0 bridgehead atoms. The second-order valence-corrected chi connectivity index (χ2v) is 12.0. The summed E-state index contributed by atoms with van der Waals surface area (Å²) in [5.74, 6) is 1.05. The zero-order chi connectivity index (χ0) is 26.4. The van der Waals surface area contributed by atoms with Gasteiger partial charge in [-0.1, -0.05) is 23.4 Å². The number of nitrogens with zero attached hydrogens (tertiary/aromatic N) is 6. The van der Waals surface area contributed by atoms with Crippen LogP contribution in [0.3, 0.4) is 0 Å². The van der Waals surface area contributed by atoms with Gasteiger partial charge in [-0.3, -0.25) is 0 Å². The number of pyridine rings is 1. The number of ether oxygens (including phenoxy) is 2. The number of nitrogen functional groups attached to an aromatic ring is 1. The summed E-state index contributed by atoms with van der Waals surface area (Å²) in [6.45, 7) is 9.69. The predicted molar refractivity (Wildman–Crippen MR) is 141 cm³/mol. The number of nitrogens with two attached hydrogens (primary N) is 1. The van der Waals surface area contributed by atoms with Gasteiger partial charge in [-0.15, -0.1) is 10.2 Å². The molecule has 3 N–H and O–H groups in total. The van der Waals surface area contributed by atoms with Crippen molar-refractivity contribution in [3.8, 4) is 0 Å². The fraction of sp³-hybridized carbons (Fsp3) is 0.542. The van der Waals surface area contributed by atoms with Crippen molar-refractivity contribution >= 4 is 46.9 Å². The number of aromatic nitrogens is 5. The molecule has 2 atom stereocenters. The Balaban J connectivity index is 1.32. The Morgan fingerprint density at radius 3 is 2.78 bits per heavy atom. The van der Waals surface area contributed by atoms with E-state index >= 15 is 0 Å². The average Bonchev–Trinajstić information content (AvgIpc) is 3.44. The van der Waals surface area contributed by atoms with Gasteiger partial charge in [0.05, 0.1) is 28.7 Å². The normalized spacial score (nSPS) is 21.5. The Hall–Kier alpha value is -2.83. The number of amides is 1. The molecule has 0 saturated carbocycles. The number of rotatable bonds is 4. The second kappa shape index (κ2) is 9.80. The standard InChI is InChI=1S/C24H31ClN8O3S/c1-14-18(30-22(34)36-23(2,3)4)24(12-35-14)6-9-32(10-7-24)21-28-11-16(20-31-29-13-33(20)21)37-15-5-8-27-19(26)17(15)25/h5,8,11,13-14,18H,6-7,9-10,12H2,1-4H3,(H2,26,27)(H,30,34)/t14-,18+/m0/s1. The first-order chi connectivity index (χ1) is 17.6. The molecule has 0 unspecified atom stereocenters. The summed E-state index contributed by atoms with van der Waals surface area (Å²) in [7, 11) is 0. The monoisotopic (exact) mass is 546 g/mol. The second-order valence-electron chi connectivity index (χ2n) is 10.5. The zero-order valence-electron chi connectivity index (χ0n) is 21.3. The number of nitrogens with one attached hydrogen (secondary N) is 1. The molecule has 2 aliphatic rings. The van der Waals surface area contributed by atoms with Crippen LogP contribution in [-0.4, -0.2) is 68.1 Å². The molecule has 2 fully saturated rings. The van der Waals surface area contributed by atoms with Gasteiger partial charge in [0.2, 0.25) is 5.95 Å². The van der Waals surface area contributed by atoms with E-state index in [1.54, 1.807) is 24.8 Å². The summed E-state index contributed by atoms with van der Waals surface area (Å²) >= 11 is 7.76. The first-order valence-electron chi connectivity index (χ1n) is 12.2. The Labute approximate surface area is 224 Å². The first kappa shape index (κ1) is 25.8. The topological polar surface area (TPSA) is 133 Å². The van der Waals surface area contributed by atoms with Crippen molar-refractivity contribution in [3.05, 3.63) is 29.8 Å². The summed E-state index contributed by atoms with van der Waals surface area (Å²) in [4.78, 5) is 25.1. The number of alkyl carbamates (subject to hydrolysis) is 1. The van der Waals surface area contributed by atoms with Gasteiger partial charge in [0.1, 0.15) is 17.7 Å². The molecule has 13 heteroatoms. The molecule has 2 saturated heterocycles. The molecule has 0 aliphatic carbocycles. The van der Waals surface area contributed by atoms with Crippen LogP contribution in [-0.2, 0) is 9.47 Å². The van der Waals surface area contributed by atoms with Crippen LogP contribution in [0.4, 0.5) is 16.6 Å². The van der Waals surface area contributed by atoms with Crippen LogP contribution in [0.25, 0.3) is 5.65 Å². The van der Waals surface area contributed by atoms with Crippen LogP contribution >= 0.6 is 23.4 Å². The largest absolute Gasteiger partial charge is 0.444 e. The van der Waals surface area contributed by atoms with Crippen LogP contribution in [0.2, 0.25) is 5.02 Å².